The van der Waals surface area contributed by atoms with Crippen molar-refractivity contribution in [3.8, 4) is 0 Å². The number of anilines is 1. The van der Waals surface area contributed by atoms with Gasteiger partial charge in [0, 0.05) is 5.69 Å². The molecular formula is C14H15NO2. The number of nitrogen functional groups attached to an aromatic ring is 1. The fourth-order valence-corrected chi connectivity index (χ4v) is 1.27. The van der Waals surface area contributed by atoms with Gasteiger partial charge < -0.3 is 10.8 Å². The quantitative estimate of drug-likeness (QED) is 0.739. The third-order valence-electron chi connectivity index (χ3n) is 2.18. The van der Waals surface area contributed by atoms with Gasteiger partial charge in [-0.1, -0.05) is 36.4 Å². The van der Waals surface area contributed by atoms with Gasteiger partial charge in [-0.15, -0.1) is 0 Å². The average Bonchev–Trinajstić information content (AvgIpc) is 2.31. The number of benzene rings is 2. The largest absolute Gasteiger partial charge is 0.478 e. The molecule has 3 nitrogen and oxygen atoms in total. The van der Waals surface area contributed by atoms with Crippen molar-refractivity contribution in [1.29, 1.82) is 0 Å². The number of nitrogens with two attached hydrogens (primary N) is 1. The summed E-state index contributed by atoms with van der Waals surface area (Å²) >= 11 is 0. The zero-order valence-electron chi connectivity index (χ0n) is 9.63. The van der Waals surface area contributed by atoms with Crippen LogP contribution in [-0.4, -0.2) is 11.1 Å². The molecule has 0 aliphatic carbocycles. The van der Waals surface area contributed by atoms with E-state index in [1.54, 1.807) is 25.1 Å². The summed E-state index contributed by atoms with van der Waals surface area (Å²) in [7, 11) is 0. The zero-order chi connectivity index (χ0) is 12.7. The predicted octanol–water partition coefficient (Wildman–Crippen LogP) is 2.96. The maximum atomic E-state index is 10.4. The lowest BCUT2D eigenvalue weighted by atomic mass is 10.1. The lowest BCUT2D eigenvalue weighted by molar-refractivity contribution is 0.0696. The van der Waals surface area contributed by atoms with Gasteiger partial charge in [-0.05, 0) is 30.7 Å². The molecule has 3 N–H and O–H groups in total. The lowest BCUT2D eigenvalue weighted by Crippen LogP contribution is -1.97. The molecular weight excluding hydrogens is 214 g/mol. The van der Waals surface area contributed by atoms with Gasteiger partial charge in [-0.3, -0.25) is 0 Å². The van der Waals surface area contributed by atoms with Gasteiger partial charge in [-0.2, -0.15) is 0 Å². The number of hydrogen-bond acceptors (Lipinski definition) is 2. The van der Waals surface area contributed by atoms with Crippen LogP contribution in [0.1, 0.15) is 15.9 Å². The summed E-state index contributed by atoms with van der Waals surface area (Å²) in [5.41, 5.74) is 7.36. The van der Waals surface area contributed by atoms with Crippen LogP contribution in [-0.2, 0) is 0 Å². The Balaban J connectivity index is 0.000000181. The number of aromatic carboxylic acids is 1. The number of carboxylic acids is 1. The number of carbonyl (C=O) groups is 1. The molecule has 88 valence electrons. The van der Waals surface area contributed by atoms with Crippen molar-refractivity contribution in [2.75, 3.05) is 5.73 Å². The highest BCUT2D eigenvalue weighted by Gasteiger charge is 2.02. The molecule has 17 heavy (non-hydrogen) atoms. The summed E-state index contributed by atoms with van der Waals surface area (Å²) in [6, 6.07) is 16.4. The van der Waals surface area contributed by atoms with Crippen LogP contribution < -0.4 is 5.73 Å². The molecule has 0 amide bonds. The van der Waals surface area contributed by atoms with Crippen molar-refractivity contribution < 1.29 is 9.90 Å². The monoisotopic (exact) mass is 229 g/mol. The van der Waals surface area contributed by atoms with Crippen LogP contribution in [0.2, 0.25) is 0 Å². The number of aryl methyl sites for hydroxylation is 1. The van der Waals surface area contributed by atoms with Crippen LogP contribution in [0.3, 0.4) is 0 Å². The molecule has 0 radical (unpaired) electrons. The van der Waals surface area contributed by atoms with Crippen LogP contribution >= 0.6 is 0 Å². The number of rotatable bonds is 1. The van der Waals surface area contributed by atoms with Gasteiger partial charge in [0.2, 0.25) is 0 Å². The molecule has 0 atom stereocenters. The Hall–Kier alpha value is -2.29. The van der Waals surface area contributed by atoms with Crippen LogP contribution in [0, 0.1) is 6.92 Å². The molecule has 0 heterocycles. The first-order chi connectivity index (χ1) is 8.11. The van der Waals surface area contributed by atoms with Gasteiger partial charge in [0.15, 0.2) is 0 Å². The molecule has 0 aliphatic rings. The standard InChI is InChI=1S/C8H8O2.C6H7N/c1-6-4-2-3-5-7(6)8(9)10;7-6-4-2-1-3-5-6/h2-5H,1H3,(H,9,10);1-5H,7H2. The van der Waals surface area contributed by atoms with E-state index in [1.807, 2.05) is 36.4 Å². The zero-order valence-corrected chi connectivity index (χ0v) is 9.63. The van der Waals surface area contributed by atoms with Crippen molar-refractivity contribution in [3.63, 3.8) is 0 Å². The van der Waals surface area contributed by atoms with Crippen LogP contribution in [0.4, 0.5) is 5.69 Å². The maximum absolute atomic E-state index is 10.4. The molecule has 3 heteroatoms. The second kappa shape index (κ2) is 6.33. The number of para-hydroxylation sites is 1. The van der Waals surface area contributed by atoms with E-state index >= 15 is 0 Å². The summed E-state index contributed by atoms with van der Waals surface area (Å²) in [6.07, 6.45) is 0. The fraction of sp³-hybridized carbons (Fsp3) is 0.0714. The number of hydrogen-bond donors (Lipinski definition) is 2. The van der Waals surface area contributed by atoms with Crippen molar-refractivity contribution in [2.45, 2.75) is 6.92 Å². The third kappa shape index (κ3) is 4.38. The number of carboxylic acid groups (broad SMARTS) is 1. The maximum Gasteiger partial charge on any atom is 0.335 e. The van der Waals surface area contributed by atoms with Gasteiger partial charge in [0.1, 0.15) is 0 Å². The molecule has 0 unspecified atom stereocenters. The SMILES string of the molecule is Cc1ccccc1C(=O)O.Nc1ccccc1. The average molecular weight is 229 g/mol. The smallest absolute Gasteiger partial charge is 0.335 e. The van der Waals surface area contributed by atoms with E-state index in [0.29, 0.717) is 5.56 Å². The van der Waals surface area contributed by atoms with E-state index in [0.717, 1.165) is 11.3 Å². The summed E-state index contributed by atoms with van der Waals surface area (Å²) < 4.78 is 0. The summed E-state index contributed by atoms with van der Waals surface area (Å²) in [4.78, 5) is 10.4. The first-order valence-corrected chi connectivity index (χ1v) is 5.20. The Bertz CT molecular complexity index is 481. The van der Waals surface area contributed by atoms with Gasteiger partial charge in [0.25, 0.3) is 0 Å². The van der Waals surface area contributed by atoms with Crippen molar-refractivity contribution >= 4 is 11.7 Å². The normalized spacial score (nSPS) is 9.00. The van der Waals surface area contributed by atoms with E-state index in [9.17, 15) is 4.79 Å². The Morgan fingerprint density at radius 3 is 1.88 bits per heavy atom. The Morgan fingerprint density at radius 1 is 1.00 bits per heavy atom. The van der Waals surface area contributed by atoms with Gasteiger partial charge in [0.05, 0.1) is 5.56 Å². The first-order valence-electron chi connectivity index (χ1n) is 5.20. The second-order valence-electron chi connectivity index (χ2n) is 3.53. The van der Waals surface area contributed by atoms with Crippen LogP contribution in [0.15, 0.2) is 54.6 Å². The molecule has 0 saturated carbocycles. The molecule has 2 aromatic rings. The highest BCUT2D eigenvalue weighted by molar-refractivity contribution is 5.89. The molecule has 2 rings (SSSR count). The van der Waals surface area contributed by atoms with Crippen molar-refractivity contribution in [1.82, 2.24) is 0 Å². The van der Waals surface area contributed by atoms with Crippen LogP contribution in [0.5, 0.6) is 0 Å². The van der Waals surface area contributed by atoms with Gasteiger partial charge >= 0.3 is 5.97 Å². The predicted molar refractivity (Wildman–Crippen MR) is 69.0 cm³/mol. The minimum atomic E-state index is -0.863. The Kier molecular flexibility index (Phi) is 4.76. The second-order valence-corrected chi connectivity index (χ2v) is 3.53. The highest BCUT2D eigenvalue weighted by Crippen LogP contribution is 2.05. The summed E-state index contributed by atoms with van der Waals surface area (Å²) in [5, 5.41) is 8.57. The molecule has 2 aromatic carbocycles. The van der Waals surface area contributed by atoms with Gasteiger partial charge in [-0.25, -0.2) is 4.79 Å². The molecule has 0 saturated heterocycles. The molecule has 0 spiro atoms. The van der Waals surface area contributed by atoms with Crippen LogP contribution in [0.25, 0.3) is 0 Å². The highest BCUT2D eigenvalue weighted by atomic mass is 16.4. The third-order valence-corrected chi connectivity index (χ3v) is 2.18. The first kappa shape index (κ1) is 12.8. The van der Waals surface area contributed by atoms with E-state index in [1.165, 1.54) is 0 Å². The Labute approximate surface area is 101 Å². The molecule has 0 bridgehead atoms. The van der Waals surface area contributed by atoms with E-state index in [2.05, 4.69) is 0 Å². The molecule has 0 aliphatic heterocycles. The fourth-order valence-electron chi connectivity index (χ4n) is 1.27. The molecule has 0 aromatic heterocycles. The molecule has 0 fully saturated rings. The topological polar surface area (TPSA) is 63.3 Å². The minimum absolute atomic E-state index is 0.377. The summed E-state index contributed by atoms with van der Waals surface area (Å²) in [6.45, 7) is 1.78. The summed E-state index contributed by atoms with van der Waals surface area (Å²) in [5.74, 6) is -0.863. The van der Waals surface area contributed by atoms with E-state index < -0.39 is 5.97 Å². The van der Waals surface area contributed by atoms with Crippen molar-refractivity contribution in [2.24, 2.45) is 0 Å². The van der Waals surface area contributed by atoms with Crippen molar-refractivity contribution in [3.05, 3.63) is 65.7 Å². The van der Waals surface area contributed by atoms with E-state index in [-0.39, 0.29) is 0 Å². The minimum Gasteiger partial charge on any atom is -0.478 e. The van der Waals surface area contributed by atoms with E-state index in [4.69, 9.17) is 10.8 Å². The Morgan fingerprint density at radius 2 is 1.53 bits per heavy atom. The lowest BCUT2D eigenvalue weighted by Gasteiger charge is -1.96.